The number of thiophene rings is 1. The predicted octanol–water partition coefficient (Wildman–Crippen LogP) is 3.74. The first-order valence-corrected chi connectivity index (χ1v) is 9.95. The Labute approximate surface area is 163 Å². The number of sulfonamides is 1. The largest absolute Gasteiger partial charge is 0.465 e. The smallest absolute Gasteiger partial charge is 0.348 e. The van der Waals surface area contributed by atoms with Gasteiger partial charge in [-0.25, -0.2) is 18.0 Å². The van der Waals surface area contributed by atoms with E-state index < -0.39 is 22.0 Å². The zero-order valence-electron chi connectivity index (χ0n) is 13.8. The fourth-order valence-corrected chi connectivity index (χ4v) is 5.16. The van der Waals surface area contributed by atoms with Crippen molar-refractivity contribution in [3.63, 3.8) is 0 Å². The summed E-state index contributed by atoms with van der Waals surface area (Å²) in [6.45, 7) is 1.44. The number of anilines is 1. The van der Waals surface area contributed by atoms with Crippen molar-refractivity contribution >= 4 is 62.2 Å². The number of nitrogens with one attached hydrogen (secondary N) is 1. The molecule has 1 N–H and O–H groups in total. The number of carbonyl (C=O) groups is 2. The van der Waals surface area contributed by atoms with Gasteiger partial charge < -0.3 is 9.47 Å². The van der Waals surface area contributed by atoms with Gasteiger partial charge in [-0.05, 0) is 30.7 Å². The number of carbonyl (C=O) groups excluding carboxylic acids is 2. The Morgan fingerprint density at radius 3 is 2.23 bits per heavy atom. The average Bonchev–Trinajstić information content (AvgIpc) is 2.95. The van der Waals surface area contributed by atoms with Crippen LogP contribution >= 0.6 is 34.5 Å². The molecule has 0 atom stereocenters. The minimum atomic E-state index is -4.21. The van der Waals surface area contributed by atoms with Crippen molar-refractivity contribution in [3.8, 4) is 0 Å². The quantitative estimate of drug-likeness (QED) is 0.715. The lowest BCUT2D eigenvalue weighted by atomic mass is 10.2. The number of esters is 2. The molecule has 0 unspecified atom stereocenters. The molecule has 0 saturated carbocycles. The van der Waals surface area contributed by atoms with Gasteiger partial charge in [-0.1, -0.05) is 23.2 Å². The van der Waals surface area contributed by atoms with Crippen LogP contribution in [0.25, 0.3) is 0 Å². The van der Waals surface area contributed by atoms with Gasteiger partial charge in [0, 0.05) is 0 Å². The highest BCUT2D eigenvalue weighted by molar-refractivity contribution is 7.94. The van der Waals surface area contributed by atoms with E-state index in [0.717, 1.165) is 14.2 Å². The van der Waals surface area contributed by atoms with Crippen LogP contribution in [0.15, 0.2) is 22.4 Å². The molecular formula is C15H13Cl2NO6S2. The van der Waals surface area contributed by atoms with E-state index in [9.17, 15) is 18.0 Å². The first kappa shape index (κ1) is 20.5. The summed E-state index contributed by atoms with van der Waals surface area (Å²) in [5.74, 6) is -1.64. The molecule has 0 saturated heterocycles. The zero-order chi connectivity index (χ0) is 19.6. The number of methoxy groups -OCH3 is 2. The Morgan fingerprint density at radius 2 is 1.69 bits per heavy atom. The summed E-state index contributed by atoms with van der Waals surface area (Å²) in [6, 6.07) is 4.15. The van der Waals surface area contributed by atoms with Crippen LogP contribution in [-0.2, 0) is 19.5 Å². The molecule has 2 rings (SSSR count). The topological polar surface area (TPSA) is 98.8 Å². The lowest BCUT2D eigenvalue weighted by Crippen LogP contribution is -2.16. The third kappa shape index (κ3) is 3.96. The average molecular weight is 438 g/mol. The maximum atomic E-state index is 12.8. The summed E-state index contributed by atoms with van der Waals surface area (Å²) in [4.78, 5) is 23.9. The minimum Gasteiger partial charge on any atom is -0.465 e. The van der Waals surface area contributed by atoms with Gasteiger partial charge in [0.05, 0.1) is 35.5 Å². The molecule has 1 aromatic heterocycles. The predicted molar refractivity (Wildman–Crippen MR) is 99.0 cm³/mol. The van der Waals surface area contributed by atoms with E-state index >= 15 is 0 Å². The third-order valence-electron chi connectivity index (χ3n) is 3.29. The fraction of sp³-hybridized carbons (Fsp3) is 0.200. The molecule has 2 aromatic rings. The molecule has 0 spiro atoms. The summed E-state index contributed by atoms with van der Waals surface area (Å²) in [5.41, 5.74) is 0.0644. The van der Waals surface area contributed by atoms with E-state index in [0.29, 0.717) is 11.3 Å². The highest BCUT2D eigenvalue weighted by atomic mass is 35.5. The molecule has 0 radical (unpaired) electrons. The molecule has 0 bridgehead atoms. The summed E-state index contributed by atoms with van der Waals surface area (Å²) in [7, 11) is -1.95. The Hall–Kier alpha value is -1.81. The van der Waals surface area contributed by atoms with Gasteiger partial charge in [0.1, 0.15) is 4.88 Å². The van der Waals surface area contributed by atoms with Crippen LogP contribution in [0.2, 0.25) is 10.0 Å². The van der Waals surface area contributed by atoms with Crippen molar-refractivity contribution in [2.75, 3.05) is 18.9 Å². The number of ether oxygens (including phenoxy) is 2. The standard InChI is InChI=1S/C15H13Cl2NO6S2/c1-7-11(13(19)23-2)15(25-12(7)14(20)24-3)26(21,22)18-8-4-5-9(16)10(17)6-8/h4-6,18H,1-3H3. The van der Waals surface area contributed by atoms with Gasteiger partial charge in [-0.15, -0.1) is 11.3 Å². The van der Waals surface area contributed by atoms with E-state index in [-0.39, 0.29) is 35.9 Å². The van der Waals surface area contributed by atoms with Gasteiger partial charge >= 0.3 is 11.9 Å². The van der Waals surface area contributed by atoms with Crippen molar-refractivity contribution in [2.24, 2.45) is 0 Å². The zero-order valence-corrected chi connectivity index (χ0v) is 16.9. The highest BCUT2D eigenvalue weighted by Crippen LogP contribution is 2.35. The van der Waals surface area contributed by atoms with Crippen LogP contribution in [0, 0.1) is 6.92 Å². The summed E-state index contributed by atoms with van der Waals surface area (Å²) >= 11 is 12.3. The molecule has 26 heavy (non-hydrogen) atoms. The number of benzene rings is 1. The lowest BCUT2D eigenvalue weighted by Gasteiger charge is -2.09. The fourth-order valence-electron chi connectivity index (χ4n) is 2.06. The molecule has 0 aliphatic heterocycles. The van der Waals surface area contributed by atoms with Gasteiger partial charge in [-0.2, -0.15) is 0 Å². The second-order valence-electron chi connectivity index (χ2n) is 4.94. The van der Waals surface area contributed by atoms with Crippen LogP contribution in [0.4, 0.5) is 5.69 Å². The maximum absolute atomic E-state index is 12.8. The Balaban J connectivity index is 2.58. The summed E-state index contributed by atoms with van der Waals surface area (Å²) in [6.07, 6.45) is 0. The van der Waals surface area contributed by atoms with E-state index in [2.05, 4.69) is 14.2 Å². The van der Waals surface area contributed by atoms with Crippen LogP contribution in [0.5, 0.6) is 0 Å². The number of hydrogen-bond donors (Lipinski definition) is 1. The van der Waals surface area contributed by atoms with Gasteiger partial charge in [-0.3, -0.25) is 4.72 Å². The summed E-state index contributed by atoms with van der Waals surface area (Å²) in [5, 5.41) is 0.405. The molecular weight excluding hydrogens is 425 g/mol. The Kier molecular flexibility index (Phi) is 6.17. The van der Waals surface area contributed by atoms with Crippen LogP contribution < -0.4 is 4.72 Å². The van der Waals surface area contributed by atoms with Crippen LogP contribution in [0.3, 0.4) is 0 Å². The maximum Gasteiger partial charge on any atom is 0.348 e. The Morgan fingerprint density at radius 1 is 1.08 bits per heavy atom. The molecule has 11 heteroatoms. The second kappa shape index (κ2) is 7.83. The minimum absolute atomic E-state index is 0.0117. The van der Waals surface area contributed by atoms with Crippen molar-refractivity contribution < 1.29 is 27.5 Å². The normalized spacial score (nSPS) is 11.1. The first-order chi connectivity index (χ1) is 12.1. The SMILES string of the molecule is COC(=O)c1sc(S(=O)(=O)Nc2ccc(Cl)c(Cl)c2)c(C(=O)OC)c1C. The van der Waals surface area contributed by atoms with E-state index in [1.54, 1.807) is 0 Å². The van der Waals surface area contributed by atoms with E-state index in [1.807, 2.05) is 0 Å². The van der Waals surface area contributed by atoms with Crippen molar-refractivity contribution in [1.29, 1.82) is 0 Å². The molecule has 0 aliphatic carbocycles. The third-order valence-corrected chi connectivity index (χ3v) is 7.20. The Bertz CT molecular complexity index is 984. The molecule has 0 aliphatic rings. The molecule has 1 aromatic carbocycles. The van der Waals surface area contributed by atoms with Crippen molar-refractivity contribution in [2.45, 2.75) is 11.1 Å². The first-order valence-electron chi connectivity index (χ1n) is 6.90. The van der Waals surface area contributed by atoms with Gasteiger partial charge in [0.2, 0.25) is 0 Å². The van der Waals surface area contributed by atoms with Crippen molar-refractivity contribution in [1.82, 2.24) is 0 Å². The van der Waals surface area contributed by atoms with Gasteiger partial charge in [0.25, 0.3) is 10.0 Å². The van der Waals surface area contributed by atoms with E-state index in [4.69, 9.17) is 23.2 Å². The number of hydrogen-bond acceptors (Lipinski definition) is 7. The summed E-state index contributed by atoms with van der Waals surface area (Å²) < 4.78 is 36.8. The monoisotopic (exact) mass is 437 g/mol. The van der Waals surface area contributed by atoms with Gasteiger partial charge in [0.15, 0.2) is 4.21 Å². The molecule has 140 valence electrons. The second-order valence-corrected chi connectivity index (χ2v) is 8.65. The number of rotatable bonds is 5. The number of halogens is 2. The molecule has 1 heterocycles. The molecule has 7 nitrogen and oxygen atoms in total. The van der Waals surface area contributed by atoms with Crippen LogP contribution in [0.1, 0.15) is 25.6 Å². The van der Waals surface area contributed by atoms with Crippen LogP contribution in [-0.4, -0.2) is 34.6 Å². The highest BCUT2D eigenvalue weighted by Gasteiger charge is 2.32. The molecule has 0 fully saturated rings. The lowest BCUT2D eigenvalue weighted by molar-refractivity contribution is 0.0596. The van der Waals surface area contributed by atoms with E-state index in [1.165, 1.54) is 25.1 Å². The van der Waals surface area contributed by atoms with Crippen molar-refractivity contribution in [3.05, 3.63) is 44.2 Å². The molecule has 0 amide bonds.